The van der Waals surface area contributed by atoms with Gasteiger partial charge in [-0.25, -0.2) is 5.84 Å². The highest BCUT2D eigenvalue weighted by Crippen LogP contribution is 2.12. The van der Waals surface area contributed by atoms with Crippen molar-refractivity contribution in [2.75, 3.05) is 13.2 Å². The Bertz CT molecular complexity index is 407. The van der Waals surface area contributed by atoms with Gasteiger partial charge in [-0.1, -0.05) is 6.07 Å². The van der Waals surface area contributed by atoms with Crippen LogP contribution < -0.4 is 21.3 Å². The van der Waals surface area contributed by atoms with E-state index < -0.39 is 5.91 Å². The third kappa shape index (κ3) is 4.12. The summed E-state index contributed by atoms with van der Waals surface area (Å²) < 4.78 is 5.22. The number of amides is 2. The van der Waals surface area contributed by atoms with Crippen LogP contribution in [0.15, 0.2) is 24.3 Å². The molecule has 92 valence electrons. The van der Waals surface area contributed by atoms with E-state index >= 15 is 0 Å². The molecule has 0 unspecified atom stereocenters. The number of ether oxygens (including phenoxy) is 1. The van der Waals surface area contributed by atoms with Crippen molar-refractivity contribution in [1.82, 2.24) is 10.7 Å². The Kier molecular flexibility index (Phi) is 4.96. The molecule has 17 heavy (non-hydrogen) atoms. The molecular weight excluding hydrogens is 222 g/mol. The minimum absolute atomic E-state index is 0.0818. The van der Waals surface area contributed by atoms with Crippen LogP contribution in [0.5, 0.6) is 5.75 Å². The van der Waals surface area contributed by atoms with Crippen LogP contribution in [-0.4, -0.2) is 25.0 Å². The molecule has 0 heterocycles. The Morgan fingerprint density at radius 2 is 2.18 bits per heavy atom. The van der Waals surface area contributed by atoms with Gasteiger partial charge in [0.25, 0.3) is 11.8 Å². The van der Waals surface area contributed by atoms with E-state index in [4.69, 9.17) is 10.6 Å². The number of benzene rings is 1. The smallest absolute Gasteiger partial charge is 0.265 e. The van der Waals surface area contributed by atoms with Crippen molar-refractivity contribution in [2.24, 2.45) is 5.84 Å². The molecule has 0 aliphatic heterocycles. The molecule has 1 rings (SSSR count). The Balaban J connectivity index is 2.60. The summed E-state index contributed by atoms with van der Waals surface area (Å²) in [7, 11) is 0. The fourth-order valence-corrected chi connectivity index (χ4v) is 1.21. The molecule has 1 aromatic carbocycles. The predicted octanol–water partition coefficient (Wildman–Crippen LogP) is -0.195. The molecule has 0 fully saturated rings. The first-order chi connectivity index (χ1) is 8.17. The number of hydrazine groups is 1. The van der Waals surface area contributed by atoms with Crippen molar-refractivity contribution in [3.05, 3.63) is 29.8 Å². The fraction of sp³-hybridized carbons (Fsp3) is 0.273. The number of nitrogen functional groups attached to an aromatic ring is 1. The molecule has 0 aliphatic carbocycles. The van der Waals surface area contributed by atoms with E-state index in [1.807, 2.05) is 12.3 Å². The Morgan fingerprint density at radius 1 is 1.41 bits per heavy atom. The van der Waals surface area contributed by atoms with Gasteiger partial charge in [-0.15, -0.1) is 0 Å². The van der Waals surface area contributed by atoms with Crippen LogP contribution in [0.4, 0.5) is 0 Å². The van der Waals surface area contributed by atoms with E-state index in [1.165, 1.54) is 6.07 Å². The first-order valence-corrected chi connectivity index (χ1v) is 5.18. The SMILES string of the molecule is CCNC(=O)COc1cccc(C(=O)NN)c1. The lowest BCUT2D eigenvalue weighted by molar-refractivity contribution is -0.122. The average Bonchev–Trinajstić information content (AvgIpc) is 2.36. The van der Waals surface area contributed by atoms with Gasteiger partial charge in [-0.05, 0) is 25.1 Å². The van der Waals surface area contributed by atoms with Gasteiger partial charge in [0.15, 0.2) is 6.61 Å². The van der Waals surface area contributed by atoms with Crippen LogP contribution in [0.3, 0.4) is 0 Å². The van der Waals surface area contributed by atoms with Crippen LogP contribution in [0.2, 0.25) is 0 Å². The van der Waals surface area contributed by atoms with Crippen molar-refractivity contribution in [2.45, 2.75) is 6.92 Å². The normalized spacial score (nSPS) is 9.53. The molecular formula is C11H15N3O3. The number of hydrogen-bond acceptors (Lipinski definition) is 4. The van der Waals surface area contributed by atoms with Gasteiger partial charge in [0.2, 0.25) is 0 Å². The lowest BCUT2D eigenvalue weighted by atomic mass is 10.2. The van der Waals surface area contributed by atoms with E-state index in [2.05, 4.69) is 5.32 Å². The lowest BCUT2D eigenvalue weighted by Crippen LogP contribution is -2.30. The lowest BCUT2D eigenvalue weighted by Gasteiger charge is -2.07. The van der Waals surface area contributed by atoms with Crippen LogP contribution in [0.25, 0.3) is 0 Å². The van der Waals surface area contributed by atoms with Gasteiger partial charge >= 0.3 is 0 Å². The molecule has 0 aliphatic rings. The number of carbonyl (C=O) groups excluding carboxylic acids is 2. The van der Waals surface area contributed by atoms with Gasteiger partial charge in [0.05, 0.1) is 0 Å². The summed E-state index contributed by atoms with van der Waals surface area (Å²) in [6.07, 6.45) is 0. The summed E-state index contributed by atoms with van der Waals surface area (Å²) in [6, 6.07) is 6.42. The summed E-state index contributed by atoms with van der Waals surface area (Å²) in [5.74, 6) is 4.84. The maximum atomic E-state index is 11.2. The first-order valence-electron chi connectivity index (χ1n) is 5.18. The van der Waals surface area contributed by atoms with Crippen molar-refractivity contribution >= 4 is 11.8 Å². The van der Waals surface area contributed by atoms with Gasteiger partial charge in [-0.3, -0.25) is 15.0 Å². The van der Waals surface area contributed by atoms with Crippen molar-refractivity contribution in [1.29, 1.82) is 0 Å². The van der Waals surface area contributed by atoms with Gasteiger partial charge in [0, 0.05) is 12.1 Å². The molecule has 4 N–H and O–H groups in total. The second-order valence-electron chi connectivity index (χ2n) is 3.24. The highest BCUT2D eigenvalue weighted by molar-refractivity contribution is 5.94. The minimum Gasteiger partial charge on any atom is -0.484 e. The van der Waals surface area contributed by atoms with Crippen LogP contribution in [-0.2, 0) is 4.79 Å². The fourth-order valence-electron chi connectivity index (χ4n) is 1.21. The molecule has 0 atom stereocenters. The zero-order valence-corrected chi connectivity index (χ0v) is 9.53. The van der Waals surface area contributed by atoms with Gasteiger partial charge in [-0.2, -0.15) is 0 Å². The molecule has 6 nitrogen and oxygen atoms in total. The topological polar surface area (TPSA) is 93.4 Å². The summed E-state index contributed by atoms with van der Waals surface area (Å²) >= 11 is 0. The quantitative estimate of drug-likeness (QED) is 0.376. The number of likely N-dealkylation sites (N-methyl/N-ethyl adjacent to an activating group) is 1. The van der Waals surface area contributed by atoms with E-state index in [0.717, 1.165) is 0 Å². The molecule has 2 amide bonds. The Labute approximate surface area is 99.1 Å². The summed E-state index contributed by atoms with van der Waals surface area (Å²) in [5.41, 5.74) is 2.40. The third-order valence-corrected chi connectivity index (χ3v) is 1.97. The van der Waals surface area contributed by atoms with Gasteiger partial charge < -0.3 is 10.1 Å². The second kappa shape index (κ2) is 6.49. The first kappa shape index (κ1) is 13.0. The number of nitrogens with one attached hydrogen (secondary N) is 2. The van der Waals surface area contributed by atoms with E-state index in [0.29, 0.717) is 17.9 Å². The molecule has 0 bridgehead atoms. The number of rotatable bonds is 5. The molecule has 1 aromatic rings. The van der Waals surface area contributed by atoms with Crippen LogP contribution in [0, 0.1) is 0 Å². The van der Waals surface area contributed by atoms with Crippen molar-refractivity contribution in [3.8, 4) is 5.75 Å². The second-order valence-corrected chi connectivity index (χ2v) is 3.24. The van der Waals surface area contributed by atoms with Crippen molar-refractivity contribution < 1.29 is 14.3 Å². The minimum atomic E-state index is -0.409. The van der Waals surface area contributed by atoms with Gasteiger partial charge in [0.1, 0.15) is 5.75 Å². The highest BCUT2D eigenvalue weighted by Gasteiger charge is 2.05. The molecule has 0 spiro atoms. The maximum absolute atomic E-state index is 11.2. The molecule has 0 aromatic heterocycles. The largest absolute Gasteiger partial charge is 0.484 e. The summed E-state index contributed by atoms with van der Waals surface area (Å²) in [6.45, 7) is 2.30. The third-order valence-electron chi connectivity index (χ3n) is 1.97. The Hall–Kier alpha value is -2.08. The monoisotopic (exact) mass is 237 g/mol. The standard InChI is InChI=1S/C11H15N3O3/c1-2-13-10(15)7-17-9-5-3-4-8(6-9)11(16)14-12/h3-6H,2,7,12H2,1H3,(H,13,15)(H,14,16). The molecule has 0 saturated heterocycles. The highest BCUT2D eigenvalue weighted by atomic mass is 16.5. The number of hydrogen-bond donors (Lipinski definition) is 3. The number of carbonyl (C=O) groups is 2. The Morgan fingerprint density at radius 3 is 2.82 bits per heavy atom. The molecule has 0 saturated carbocycles. The number of nitrogens with two attached hydrogens (primary N) is 1. The maximum Gasteiger partial charge on any atom is 0.265 e. The van der Waals surface area contributed by atoms with E-state index in [-0.39, 0.29) is 12.5 Å². The predicted molar refractivity (Wildman–Crippen MR) is 62.3 cm³/mol. The molecule has 0 radical (unpaired) electrons. The summed E-state index contributed by atoms with van der Waals surface area (Å²) in [5, 5.41) is 2.60. The van der Waals surface area contributed by atoms with Crippen LogP contribution in [0.1, 0.15) is 17.3 Å². The summed E-state index contributed by atoms with van der Waals surface area (Å²) in [4.78, 5) is 22.4. The van der Waals surface area contributed by atoms with E-state index in [1.54, 1.807) is 18.2 Å². The van der Waals surface area contributed by atoms with Crippen LogP contribution >= 0.6 is 0 Å². The molecule has 6 heteroatoms. The zero-order valence-electron chi connectivity index (χ0n) is 9.53. The van der Waals surface area contributed by atoms with E-state index in [9.17, 15) is 9.59 Å². The zero-order chi connectivity index (χ0) is 12.7. The average molecular weight is 237 g/mol. The van der Waals surface area contributed by atoms with Crippen molar-refractivity contribution in [3.63, 3.8) is 0 Å².